The summed E-state index contributed by atoms with van der Waals surface area (Å²) in [6.07, 6.45) is 0.731. The molecular weight excluding hydrogens is 233 g/mol. The number of ketones is 1. The van der Waals surface area contributed by atoms with Crippen molar-refractivity contribution in [1.82, 2.24) is 5.32 Å². The van der Waals surface area contributed by atoms with Crippen LogP contribution in [0.2, 0.25) is 0 Å². The maximum atomic E-state index is 13.7. The van der Waals surface area contributed by atoms with Gasteiger partial charge in [0.25, 0.3) is 0 Å². The van der Waals surface area contributed by atoms with Gasteiger partial charge in [0.1, 0.15) is 0 Å². The summed E-state index contributed by atoms with van der Waals surface area (Å²) in [5.74, 6) is -0.445. The first-order chi connectivity index (χ1) is 8.63. The number of hydrogen-bond acceptors (Lipinski definition) is 3. The molecule has 0 aromatic heterocycles. The lowest BCUT2D eigenvalue weighted by Gasteiger charge is -2.13. The van der Waals surface area contributed by atoms with E-state index in [0.717, 1.165) is 6.42 Å². The Balaban J connectivity index is 2.89. The van der Waals surface area contributed by atoms with Crippen molar-refractivity contribution < 1.29 is 13.9 Å². The van der Waals surface area contributed by atoms with Crippen LogP contribution in [0, 0.1) is 11.7 Å². The van der Waals surface area contributed by atoms with Crippen LogP contribution in [0.1, 0.15) is 30.6 Å². The van der Waals surface area contributed by atoms with Gasteiger partial charge in [0.05, 0.1) is 6.61 Å². The highest BCUT2D eigenvalue weighted by Gasteiger charge is 2.18. The van der Waals surface area contributed by atoms with Crippen LogP contribution in [-0.2, 0) is 0 Å². The first kappa shape index (κ1) is 14.6. The highest BCUT2D eigenvalue weighted by molar-refractivity contribution is 5.98. The Labute approximate surface area is 107 Å². The molecule has 0 fully saturated rings. The number of carbonyl (C=O) groups excluding carboxylic acids is 1. The number of rotatable bonds is 7. The summed E-state index contributed by atoms with van der Waals surface area (Å²) in [5, 5.41) is 2.98. The number of nitrogens with one attached hydrogen (secondary N) is 1. The quantitative estimate of drug-likeness (QED) is 0.759. The third kappa shape index (κ3) is 3.53. The number of halogens is 1. The average Bonchev–Trinajstić information content (AvgIpc) is 2.37. The van der Waals surface area contributed by atoms with Gasteiger partial charge in [-0.15, -0.1) is 0 Å². The summed E-state index contributed by atoms with van der Waals surface area (Å²) in [4.78, 5) is 12.1. The number of hydrogen-bond donors (Lipinski definition) is 1. The molecule has 0 saturated heterocycles. The Kier molecular flexibility index (Phi) is 5.78. The van der Waals surface area contributed by atoms with Crippen molar-refractivity contribution in [2.24, 2.45) is 5.92 Å². The van der Waals surface area contributed by atoms with Crippen molar-refractivity contribution in [2.45, 2.75) is 20.3 Å². The summed E-state index contributed by atoms with van der Waals surface area (Å²) in [6.45, 7) is 4.75. The number of benzene rings is 1. The molecule has 3 nitrogen and oxygen atoms in total. The van der Waals surface area contributed by atoms with Gasteiger partial charge in [-0.2, -0.15) is 0 Å². The molecule has 0 amide bonds. The van der Waals surface area contributed by atoms with Crippen molar-refractivity contribution in [2.75, 3.05) is 20.2 Å². The minimum atomic E-state index is -0.484. The third-order valence-corrected chi connectivity index (χ3v) is 2.83. The maximum Gasteiger partial charge on any atom is 0.167 e. The first-order valence-corrected chi connectivity index (χ1v) is 6.25. The second-order valence-corrected chi connectivity index (χ2v) is 4.11. The van der Waals surface area contributed by atoms with E-state index in [1.165, 1.54) is 12.1 Å². The van der Waals surface area contributed by atoms with Gasteiger partial charge in [-0.1, -0.05) is 6.92 Å². The fraction of sp³-hybridized carbons (Fsp3) is 0.500. The molecule has 1 atom stereocenters. The van der Waals surface area contributed by atoms with Gasteiger partial charge in [0.15, 0.2) is 17.3 Å². The topological polar surface area (TPSA) is 38.3 Å². The van der Waals surface area contributed by atoms with E-state index in [-0.39, 0.29) is 17.5 Å². The van der Waals surface area contributed by atoms with E-state index in [4.69, 9.17) is 4.74 Å². The van der Waals surface area contributed by atoms with Gasteiger partial charge in [0.2, 0.25) is 0 Å². The molecule has 0 aliphatic rings. The monoisotopic (exact) mass is 253 g/mol. The Hall–Kier alpha value is -1.42. The zero-order valence-electron chi connectivity index (χ0n) is 11.1. The lowest BCUT2D eigenvalue weighted by atomic mass is 9.95. The fourth-order valence-electron chi connectivity index (χ4n) is 1.83. The molecule has 1 rings (SSSR count). The molecule has 100 valence electrons. The predicted molar refractivity (Wildman–Crippen MR) is 69.6 cm³/mol. The van der Waals surface area contributed by atoms with Crippen LogP contribution in [0.5, 0.6) is 5.75 Å². The Morgan fingerprint density at radius 2 is 2.17 bits per heavy atom. The van der Waals surface area contributed by atoms with Crippen LogP contribution < -0.4 is 10.1 Å². The van der Waals surface area contributed by atoms with Gasteiger partial charge in [-0.05, 0) is 38.6 Å². The first-order valence-electron chi connectivity index (χ1n) is 6.25. The summed E-state index contributed by atoms with van der Waals surface area (Å²) >= 11 is 0. The van der Waals surface area contributed by atoms with Crippen LogP contribution in [0.4, 0.5) is 4.39 Å². The molecule has 0 spiro atoms. The van der Waals surface area contributed by atoms with Gasteiger partial charge < -0.3 is 10.1 Å². The smallest absolute Gasteiger partial charge is 0.167 e. The SMILES string of the molecule is CCOc1ccc(C(=O)C(CC)CNC)cc1F. The second kappa shape index (κ2) is 7.11. The molecule has 0 aliphatic heterocycles. The lowest BCUT2D eigenvalue weighted by molar-refractivity contribution is 0.0916. The number of ether oxygens (including phenoxy) is 1. The van der Waals surface area contributed by atoms with Crippen molar-refractivity contribution in [3.63, 3.8) is 0 Å². The Bertz CT molecular complexity index is 407. The summed E-state index contributed by atoms with van der Waals surface area (Å²) < 4.78 is 18.8. The van der Waals surface area contributed by atoms with Crippen LogP contribution in [0.15, 0.2) is 18.2 Å². The minimum Gasteiger partial charge on any atom is -0.491 e. The second-order valence-electron chi connectivity index (χ2n) is 4.11. The van der Waals surface area contributed by atoms with Crippen molar-refractivity contribution in [3.8, 4) is 5.75 Å². The molecule has 4 heteroatoms. The van der Waals surface area contributed by atoms with E-state index in [1.54, 1.807) is 20.0 Å². The molecule has 1 aromatic carbocycles. The maximum absolute atomic E-state index is 13.7. The van der Waals surface area contributed by atoms with Crippen LogP contribution in [-0.4, -0.2) is 26.0 Å². The Morgan fingerprint density at radius 3 is 2.67 bits per heavy atom. The summed E-state index contributed by atoms with van der Waals surface area (Å²) in [6, 6.07) is 4.39. The lowest BCUT2D eigenvalue weighted by Crippen LogP contribution is -2.25. The molecule has 0 saturated carbocycles. The van der Waals surface area contributed by atoms with Gasteiger partial charge in [0, 0.05) is 18.0 Å². The van der Waals surface area contributed by atoms with Gasteiger partial charge >= 0.3 is 0 Å². The molecule has 1 N–H and O–H groups in total. The zero-order chi connectivity index (χ0) is 13.5. The third-order valence-electron chi connectivity index (χ3n) is 2.83. The van der Waals surface area contributed by atoms with Crippen LogP contribution in [0.3, 0.4) is 0 Å². The molecule has 0 aliphatic carbocycles. The van der Waals surface area contributed by atoms with E-state index < -0.39 is 5.82 Å². The van der Waals surface area contributed by atoms with E-state index in [2.05, 4.69) is 5.32 Å². The molecule has 1 unspecified atom stereocenters. The highest BCUT2D eigenvalue weighted by Crippen LogP contribution is 2.20. The highest BCUT2D eigenvalue weighted by atomic mass is 19.1. The van der Waals surface area contributed by atoms with Crippen molar-refractivity contribution >= 4 is 5.78 Å². The van der Waals surface area contributed by atoms with Crippen LogP contribution in [0.25, 0.3) is 0 Å². The molecule has 0 radical (unpaired) electrons. The summed E-state index contributed by atoms with van der Waals surface area (Å²) in [5.41, 5.74) is 0.401. The summed E-state index contributed by atoms with van der Waals surface area (Å²) in [7, 11) is 1.80. The average molecular weight is 253 g/mol. The minimum absolute atomic E-state index is 0.0335. The molecular formula is C14H20FNO2. The normalized spacial score (nSPS) is 12.2. The zero-order valence-corrected chi connectivity index (χ0v) is 11.1. The molecule has 0 heterocycles. The predicted octanol–water partition coefficient (Wildman–Crippen LogP) is 2.65. The van der Waals surface area contributed by atoms with Crippen molar-refractivity contribution in [3.05, 3.63) is 29.6 Å². The Morgan fingerprint density at radius 1 is 1.44 bits per heavy atom. The van der Waals surface area contributed by atoms with E-state index in [9.17, 15) is 9.18 Å². The standard InChI is InChI=1S/C14H20FNO2/c1-4-10(9-16-3)14(17)11-6-7-13(18-5-2)12(15)8-11/h6-8,10,16H,4-5,9H2,1-3H3. The molecule has 18 heavy (non-hydrogen) atoms. The van der Waals surface area contributed by atoms with Crippen molar-refractivity contribution in [1.29, 1.82) is 0 Å². The van der Waals surface area contributed by atoms with Crippen LogP contribution >= 0.6 is 0 Å². The fourth-order valence-corrected chi connectivity index (χ4v) is 1.83. The number of carbonyl (C=O) groups is 1. The molecule has 0 bridgehead atoms. The van der Waals surface area contributed by atoms with Gasteiger partial charge in [-0.25, -0.2) is 4.39 Å². The largest absolute Gasteiger partial charge is 0.491 e. The van der Waals surface area contributed by atoms with E-state index in [0.29, 0.717) is 18.7 Å². The van der Waals surface area contributed by atoms with Gasteiger partial charge in [-0.3, -0.25) is 4.79 Å². The van der Waals surface area contributed by atoms with E-state index in [1.807, 2.05) is 6.92 Å². The van der Waals surface area contributed by atoms with E-state index >= 15 is 0 Å². The molecule has 1 aromatic rings. The number of Topliss-reactive ketones (excluding diaryl/α,β-unsaturated/α-hetero) is 1.